The lowest BCUT2D eigenvalue weighted by atomic mass is 10.1. The van der Waals surface area contributed by atoms with Gasteiger partial charge in [-0.25, -0.2) is 8.42 Å². The van der Waals surface area contributed by atoms with Gasteiger partial charge in [0.1, 0.15) is 0 Å². The first-order chi connectivity index (χ1) is 14.9. The van der Waals surface area contributed by atoms with Crippen molar-refractivity contribution in [3.8, 4) is 0 Å². The standard InChI is InChI=1S/C25H26N2O3S/c1-20(28)27-17-15-23-18-24(12-13-25(23)27)31(29,30)26(19-22-10-6-3-7-11-22)16-14-21-8-4-2-5-9-21/h2-13,18H,14-17,19H2,1H3. The third-order valence-electron chi connectivity index (χ3n) is 5.66. The van der Waals surface area contributed by atoms with Gasteiger partial charge in [0.15, 0.2) is 0 Å². The van der Waals surface area contributed by atoms with Gasteiger partial charge in [0.25, 0.3) is 0 Å². The molecule has 0 bridgehead atoms. The van der Waals surface area contributed by atoms with Crippen molar-refractivity contribution in [2.24, 2.45) is 0 Å². The highest BCUT2D eigenvalue weighted by atomic mass is 32.2. The Morgan fingerprint density at radius 2 is 1.58 bits per heavy atom. The van der Waals surface area contributed by atoms with Crippen LogP contribution in [-0.4, -0.2) is 31.7 Å². The fourth-order valence-electron chi connectivity index (χ4n) is 3.98. The zero-order chi connectivity index (χ0) is 21.8. The summed E-state index contributed by atoms with van der Waals surface area (Å²) in [7, 11) is -3.70. The van der Waals surface area contributed by atoms with Crippen molar-refractivity contribution in [3.63, 3.8) is 0 Å². The molecule has 0 aromatic heterocycles. The van der Waals surface area contributed by atoms with E-state index in [1.807, 2.05) is 60.7 Å². The number of carbonyl (C=O) groups is 1. The summed E-state index contributed by atoms with van der Waals surface area (Å²) in [4.78, 5) is 13.8. The molecule has 1 heterocycles. The van der Waals surface area contributed by atoms with Gasteiger partial charge in [-0.15, -0.1) is 0 Å². The molecule has 1 aliphatic rings. The second-order valence-corrected chi connectivity index (χ2v) is 9.71. The molecule has 3 aromatic rings. The van der Waals surface area contributed by atoms with Crippen LogP contribution in [0.2, 0.25) is 0 Å². The molecule has 0 spiro atoms. The summed E-state index contributed by atoms with van der Waals surface area (Å²) < 4.78 is 28.8. The third kappa shape index (κ3) is 4.70. The normalized spacial score (nSPS) is 13.4. The molecule has 0 aliphatic carbocycles. The number of fused-ring (bicyclic) bond motifs is 1. The minimum Gasteiger partial charge on any atom is -0.312 e. The Labute approximate surface area is 184 Å². The van der Waals surface area contributed by atoms with Crippen molar-refractivity contribution in [2.75, 3.05) is 18.0 Å². The van der Waals surface area contributed by atoms with Gasteiger partial charge in [0, 0.05) is 32.2 Å². The molecule has 5 nitrogen and oxygen atoms in total. The maximum absolute atomic E-state index is 13.6. The molecule has 0 fully saturated rings. The minimum absolute atomic E-state index is 0.0251. The van der Waals surface area contributed by atoms with Gasteiger partial charge in [0.2, 0.25) is 15.9 Å². The average Bonchev–Trinajstić information content (AvgIpc) is 3.21. The molecule has 31 heavy (non-hydrogen) atoms. The number of amides is 1. The number of sulfonamides is 1. The van der Waals surface area contributed by atoms with Crippen LogP contribution in [0.3, 0.4) is 0 Å². The number of benzene rings is 3. The van der Waals surface area contributed by atoms with E-state index >= 15 is 0 Å². The van der Waals surface area contributed by atoms with Gasteiger partial charge < -0.3 is 4.90 Å². The Kier molecular flexibility index (Phi) is 6.20. The van der Waals surface area contributed by atoms with E-state index in [1.165, 1.54) is 6.92 Å². The Bertz CT molecular complexity index is 1160. The van der Waals surface area contributed by atoms with Gasteiger partial charge in [-0.3, -0.25) is 4.79 Å². The van der Waals surface area contributed by atoms with Crippen LogP contribution in [0.15, 0.2) is 83.8 Å². The Hall–Kier alpha value is -2.96. The molecular weight excluding hydrogens is 408 g/mol. The molecule has 1 amide bonds. The van der Waals surface area contributed by atoms with Crippen LogP contribution in [-0.2, 0) is 34.2 Å². The summed E-state index contributed by atoms with van der Waals surface area (Å²) in [6.07, 6.45) is 1.30. The van der Waals surface area contributed by atoms with Gasteiger partial charge in [-0.05, 0) is 47.7 Å². The van der Waals surface area contributed by atoms with Gasteiger partial charge >= 0.3 is 0 Å². The van der Waals surface area contributed by atoms with E-state index in [-0.39, 0.29) is 10.8 Å². The molecule has 0 N–H and O–H groups in total. The Morgan fingerprint density at radius 3 is 2.23 bits per heavy atom. The van der Waals surface area contributed by atoms with Crippen LogP contribution in [0.4, 0.5) is 5.69 Å². The van der Waals surface area contributed by atoms with Crippen molar-refractivity contribution >= 4 is 21.6 Å². The first kappa shape index (κ1) is 21.3. The van der Waals surface area contributed by atoms with Gasteiger partial charge in [0.05, 0.1) is 4.90 Å². The zero-order valence-electron chi connectivity index (χ0n) is 17.6. The Balaban J connectivity index is 1.63. The highest BCUT2D eigenvalue weighted by molar-refractivity contribution is 7.89. The fourth-order valence-corrected chi connectivity index (χ4v) is 5.46. The van der Waals surface area contributed by atoms with Crippen LogP contribution in [0, 0.1) is 0 Å². The third-order valence-corrected chi connectivity index (χ3v) is 7.50. The SMILES string of the molecule is CC(=O)N1CCc2cc(S(=O)(=O)N(CCc3ccccc3)Cc3ccccc3)ccc21. The van der Waals surface area contributed by atoms with Crippen molar-refractivity contribution in [1.29, 1.82) is 0 Å². The van der Waals surface area contributed by atoms with Crippen LogP contribution in [0.1, 0.15) is 23.6 Å². The van der Waals surface area contributed by atoms with E-state index in [4.69, 9.17) is 0 Å². The van der Waals surface area contributed by atoms with E-state index in [1.54, 1.807) is 27.4 Å². The summed E-state index contributed by atoms with van der Waals surface area (Å²) in [5.41, 5.74) is 3.76. The number of hydrogen-bond acceptors (Lipinski definition) is 3. The summed E-state index contributed by atoms with van der Waals surface area (Å²) >= 11 is 0. The van der Waals surface area contributed by atoms with E-state index in [2.05, 4.69) is 0 Å². The topological polar surface area (TPSA) is 57.7 Å². The lowest BCUT2D eigenvalue weighted by molar-refractivity contribution is -0.116. The van der Waals surface area contributed by atoms with Crippen molar-refractivity contribution in [1.82, 2.24) is 4.31 Å². The minimum atomic E-state index is -3.70. The average molecular weight is 435 g/mol. The molecule has 3 aromatic carbocycles. The second kappa shape index (κ2) is 9.04. The summed E-state index contributed by atoms with van der Waals surface area (Å²) in [5.74, 6) is -0.0251. The van der Waals surface area contributed by atoms with Crippen molar-refractivity contribution in [2.45, 2.75) is 31.2 Å². The molecule has 6 heteroatoms. The molecule has 0 saturated heterocycles. The molecule has 0 unspecified atom stereocenters. The van der Waals surface area contributed by atoms with E-state index < -0.39 is 10.0 Å². The molecule has 0 atom stereocenters. The monoisotopic (exact) mass is 434 g/mol. The lowest BCUT2D eigenvalue weighted by Gasteiger charge is -2.23. The Morgan fingerprint density at radius 1 is 0.935 bits per heavy atom. The smallest absolute Gasteiger partial charge is 0.243 e. The van der Waals surface area contributed by atoms with Gasteiger partial charge in [-0.2, -0.15) is 4.31 Å². The summed E-state index contributed by atoms with van der Waals surface area (Å²) in [6, 6.07) is 24.7. The van der Waals surface area contributed by atoms with Crippen molar-refractivity contribution in [3.05, 3.63) is 95.6 Å². The highest BCUT2D eigenvalue weighted by Gasteiger charge is 2.28. The number of hydrogen-bond donors (Lipinski definition) is 0. The van der Waals surface area contributed by atoms with Gasteiger partial charge in [-0.1, -0.05) is 60.7 Å². The second-order valence-electron chi connectivity index (χ2n) is 7.77. The summed E-state index contributed by atoms with van der Waals surface area (Å²) in [5, 5.41) is 0. The maximum atomic E-state index is 13.6. The lowest BCUT2D eigenvalue weighted by Crippen LogP contribution is -2.32. The number of rotatable bonds is 7. The number of carbonyl (C=O) groups excluding carboxylic acids is 1. The zero-order valence-corrected chi connectivity index (χ0v) is 18.4. The highest BCUT2D eigenvalue weighted by Crippen LogP contribution is 2.31. The molecule has 0 radical (unpaired) electrons. The molecule has 160 valence electrons. The van der Waals surface area contributed by atoms with Crippen LogP contribution < -0.4 is 4.90 Å². The molecule has 4 rings (SSSR count). The van der Waals surface area contributed by atoms with Crippen LogP contribution >= 0.6 is 0 Å². The van der Waals surface area contributed by atoms with Crippen molar-refractivity contribution < 1.29 is 13.2 Å². The fraction of sp³-hybridized carbons (Fsp3) is 0.240. The largest absolute Gasteiger partial charge is 0.312 e. The molecular formula is C25H26N2O3S. The number of anilines is 1. The summed E-state index contributed by atoms with van der Waals surface area (Å²) in [6.45, 7) is 2.82. The van der Waals surface area contributed by atoms with E-state index in [0.29, 0.717) is 32.5 Å². The number of nitrogens with zero attached hydrogens (tertiary/aromatic N) is 2. The van der Waals surface area contributed by atoms with E-state index in [0.717, 1.165) is 22.4 Å². The predicted octanol–water partition coefficient (Wildman–Crippen LogP) is 4.03. The molecule has 1 aliphatic heterocycles. The predicted molar refractivity (Wildman–Crippen MR) is 122 cm³/mol. The first-order valence-electron chi connectivity index (χ1n) is 10.4. The maximum Gasteiger partial charge on any atom is 0.243 e. The van der Waals surface area contributed by atoms with Crippen LogP contribution in [0.25, 0.3) is 0 Å². The quantitative estimate of drug-likeness (QED) is 0.564. The molecule has 0 saturated carbocycles. The van der Waals surface area contributed by atoms with Crippen LogP contribution in [0.5, 0.6) is 0 Å². The van der Waals surface area contributed by atoms with E-state index in [9.17, 15) is 13.2 Å². The first-order valence-corrected chi connectivity index (χ1v) is 11.9.